The molecule has 0 amide bonds. The van der Waals surface area contributed by atoms with Crippen molar-refractivity contribution in [2.24, 2.45) is 0 Å². The lowest BCUT2D eigenvalue weighted by Gasteiger charge is -2.33. The lowest BCUT2D eigenvalue weighted by Crippen LogP contribution is -2.48. The van der Waals surface area contributed by atoms with Crippen molar-refractivity contribution in [1.82, 2.24) is 9.21 Å². The Balaban J connectivity index is 1.95. The Kier molecular flexibility index (Phi) is 5.01. The molecule has 20 heavy (non-hydrogen) atoms. The van der Waals surface area contributed by atoms with Crippen molar-refractivity contribution in [3.05, 3.63) is 34.6 Å². The van der Waals surface area contributed by atoms with Gasteiger partial charge in [-0.15, -0.1) is 0 Å². The van der Waals surface area contributed by atoms with E-state index in [0.29, 0.717) is 37.7 Å². The van der Waals surface area contributed by atoms with Gasteiger partial charge in [-0.25, -0.2) is 12.8 Å². The van der Waals surface area contributed by atoms with Crippen molar-refractivity contribution in [1.29, 1.82) is 0 Å². The van der Waals surface area contributed by atoms with E-state index in [4.69, 9.17) is 11.6 Å². The molecule has 1 aliphatic heterocycles. The van der Waals surface area contributed by atoms with Gasteiger partial charge in [-0.2, -0.15) is 4.31 Å². The molecule has 1 aromatic rings. The molecule has 0 atom stereocenters. The topological polar surface area (TPSA) is 40.6 Å². The molecule has 112 valence electrons. The van der Waals surface area contributed by atoms with E-state index in [1.54, 1.807) is 13.0 Å². The lowest BCUT2D eigenvalue weighted by molar-refractivity contribution is 0.181. The summed E-state index contributed by atoms with van der Waals surface area (Å²) >= 11 is 6.00. The first-order valence-corrected chi connectivity index (χ1v) is 8.55. The van der Waals surface area contributed by atoms with E-state index >= 15 is 0 Å². The number of nitrogens with zero attached hydrogens (tertiary/aromatic N) is 2. The van der Waals surface area contributed by atoms with Gasteiger partial charge in [0, 0.05) is 37.7 Å². The van der Waals surface area contributed by atoms with Crippen LogP contribution in [0.2, 0.25) is 5.02 Å². The maximum absolute atomic E-state index is 13.0. The second kappa shape index (κ2) is 6.39. The second-order valence-corrected chi connectivity index (χ2v) is 7.48. The van der Waals surface area contributed by atoms with E-state index < -0.39 is 10.0 Å². The van der Waals surface area contributed by atoms with Crippen LogP contribution in [0.4, 0.5) is 4.39 Å². The molecule has 1 aromatic carbocycles. The Morgan fingerprint density at radius 2 is 1.90 bits per heavy atom. The highest BCUT2D eigenvalue weighted by molar-refractivity contribution is 7.89. The molecule has 2 rings (SSSR count). The molecule has 0 saturated carbocycles. The zero-order chi connectivity index (χ0) is 14.8. The predicted octanol–water partition coefficient (Wildman–Crippen LogP) is 1.95. The summed E-state index contributed by atoms with van der Waals surface area (Å²) in [6, 6.07) is 4.36. The highest BCUT2D eigenvalue weighted by Crippen LogP contribution is 2.20. The summed E-state index contributed by atoms with van der Waals surface area (Å²) < 4.78 is 38.0. The molecule has 0 spiro atoms. The van der Waals surface area contributed by atoms with E-state index in [9.17, 15) is 12.8 Å². The SMILES string of the molecule is CCS(=O)(=O)N1CCN(Cc2ccc(F)cc2Cl)CC1. The second-order valence-electron chi connectivity index (χ2n) is 4.81. The van der Waals surface area contributed by atoms with Gasteiger partial charge in [0.05, 0.1) is 5.75 Å². The molecular weight excluding hydrogens is 303 g/mol. The van der Waals surface area contributed by atoms with Crippen LogP contribution in [-0.4, -0.2) is 49.6 Å². The van der Waals surface area contributed by atoms with Crippen LogP contribution in [-0.2, 0) is 16.6 Å². The molecule has 0 N–H and O–H groups in total. The minimum absolute atomic E-state index is 0.136. The number of piperazine rings is 1. The van der Waals surface area contributed by atoms with Gasteiger partial charge >= 0.3 is 0 Å². The highest BCUT2D eigenvalue weighted by atomic mass is 35.5. The van der Waals surface area contributed by atoms with E-state index in [2.05, 4.69) is 4.90 Å². The summed E-state index contributed by atoms with van der Waals surface area (Å²) in [4.78, 5) is 2.13. The van der Waals surface area contributed by atoms with Gasteiger partial charge in [0.2, 0.25) is 10.0 Å². The van der Waals surface area contributed by atoms with Gasteiger partial charge in [0.1, 0.15) is 5.82 Å². The molecule has 1 aliphatic rings. The van der Waals surface area contributed by atoms with Gasteiger partial charge in [0.25, 0.3) is 0 Å². The van der Waals surface area contributed by atoms with Gasteiger partial charge in [-0.1, -0.05) is 17.7 Å². The summed E-state index contributed by atoms with van der Waals surface area (Å²) in [6.45, 7) is 4.57. The summed E-state index contributed by atoms with van der Waals surface area (Å²) in [5.74, 6) is -0.214. The number of hydrogen-bond donors (Lipinski definition) is 0. The normalized spacial score (nSPS) is 18.4. The van der Waals surface area contributed by atoms with Crippen molar-refractivity contribution in [3.63, 3.8) is 0 Å². The molecule has 1 saturated heterocycles. The minimum atomic E-state index is -3.10. The van der Waals surface area contributed by atoms with Crippen molar-refractivity contribution < 1.29 is 12.8 Å². The van der Waals surface area contributed by atoms with Crippen molar-refractivity contribution in [2.75, 3.05) is 31.9 Å². The fraction of sp³-hybridized carbons (Fsp3) is 0.538. The molecule has 0 radical (unpaired) electrons. The van der Waals surface area contributed by atoms with Crippen LogP contribution in [0.3, 0.4) is 0 Å². The van der Waals surface area contributed by atoms with Crippen LogP contribution in [0.25, 0.3) is 0 Å². The van der Waals surface area contributed by atoms with Crippen LogP contribution in [0, 0.1) is 5.82 Å². The highest BCUT2D eigenvalue weighted by Gasteiger charge is 2.25. The summed E-state index contributed by atoms with van der Waals surface area (Å²) in [5.41, 5.74) is 0.861. The molecule has 7 heteroatoms. The summed E-state index contributed by atoms with van der Waals surface area (Å²) in [6.07, 6.45) is 0. The number of halogens is 2. The number of sulfonamides is 1. The molecule has 4 nitrogen and oxygen atoms in total. The smallest absolute Gasteiger partial charge is 0.213 e. The minimum Gasteiger partial charge on any atom is -0.296 e. The van der Waals surface area contributed by atoms with E-state index in [0.717, 1.165) is 5.56 Å². The maximum Gasteiger partial charge on any atom is 0.213 e. The molecule has 0 aromatic heterocycles. The van der Waals surface area contributed by atoms with E-state index in [1.165, 1.54) is 16.4 Å². The Bertz CT molecular complexity index is 572. The first kappa shape index (κ1) is 15.7. The molecule has 1 heterocycles. The monoisotopic (exact) mass is 320 g/mol. The zero-order valence-corrected chi connectivity index (χ0v) is 12.9. The fourth-order valence-corrected chi connectivity index (χ4v) is 3.55. The first-order chi connectivity index (χ1) is 9.42. The molecule has 1 fully saturated rings. The van der Waals surface area contributed by atoms with Crippen molar-refractivity contribution >= 4 is 21.6 Å². The van der Waals surface area contributed by atoms with Crippen molar-refractivity contribution in [2.45, 2.75) is 13.5 Å². The third-order valence-corrected chi connectivity index (χ3v) is 5.73. The Hall–Kier alpha value is -0.690. The fourth-order valence-electron chi connectivity index (χ4n) is 2.24. The van der Waals surface area contributed by atoms with Crippen molar-refractivity contribution in [3.8, 4) is 0 Å². The van der Waals surface area contributed by atoms with E-state index in [-0.39, 0.29) is 11.6 Å². The predicted molar refractivity (Wildman–Crippen MR) is 77.7 cm³/mol. The summed E-state index contributed by atoms with van der Waals surface area (Å²) in [7, 11) is -3.10. The molecular formula is C13H18ClFN2O2S. The molecule has 0 bridgehead atoms. The summed E-state index contributed by atoms with van der Waals surface area (Å²) in [5, 5.41) is 0.411. The van der Waals surface area contributed by atoms with Crippen LogP contribution >= 0.6 is 11.6 Å². The first-order valence-electron chi connectivity index (χ1n) is 6.56. The van der Waals surface area contributed by atoms with Gasteiger partial charge in [-0.05, 0) is 24.6 Å². The van der Waals surface area contributed by atoms with Gasteiger partial charge < -0.3 is 0 Å². The Morgan fingerprint density at radius 1 is 1.25 bits per heavy atom. The van der Waals surface area contributed by atoms with Crippen LogP contribution < -0.4 is 0 Å². The number of benzene rings is 1. The molecule has 0 aliphatic carbocycles. The third-order valence-electron chi connectivity index (χ3n) is 3.50. The average Bonchev–Trinajstić information content (AvgIpc) is 2.42. The Morgan fingerprint density at radius 3 is 2.45 bits per heavy atom. The Labute approximate surface area is 124 Å². The lowest BCUT2D eigenvalue weighted by atomic mass is 10.2. The van der Waals surface area contributed by atoms with Crippen LogP contribution in [0.1, 0.15) is 12.5 Å². The van der Waals surface area contributed by atoms with E-state index in [1.807, 2.05) is 0 Å². The quantitative estimate of drug-likeness (QED) is 0.851. The van der Waals surface area contributed by atoms with Gasteiger partial charge in [0.15, 0.2) is 0 Å². The van der Waals surface area contributed by atoms with Crippen LogP contribution in [0.15, 0.2) is 18.2 Å². The van der Waals surface area contributed by atoms with Crippen LogP contribution in [0.5, 0.6) is 0 Å². The average molecular weight is 321 g/mol. The third kappa shape index (κ3) is 3.69. The maximum atomic E-state index is 13.0. The number of rotatable bonds is 4. The largest absolute Gasteiger partial charge is 0.296 e. The molecule has 0 unspecified atom stereocenters. The number of hydrogen-bond acceptors (Lipinski definition) is 3. The standard InChI is InChI=1S/C13H18ClFN2O2S/c1-2-20(18,19)17-7-5-16(6-8-17)10-11-3-4-12(15)9-13(11)14/h3-4,9H,2,5-8,10H2,1H3. The zero-order valence-electron chi connectivity index (χ0n) is 11.3. The van der Waals surface area contributed by atoms with Gasteiger partial charge in [-0.3, -0.25) is 4.90 Å².